The molecule has 2 heteroatoms. The fourth-order valence-electron chi connectivity index (χ4n) is 0.811. The van der Waals surface area contributed by atoms with E-state index in [-0.39, 0.29) is 0 Å². The molecule has 10 heavy (non-hydrogen) atoms. The highest BCUT2D eigenvalue weighted by atomic mass is 127. The number of benzene rings is 1. The minimum atomic E-state index is 0.951. The summed E-state index contributed by atoms with van der Waals surface area (Å²) in [5.41, 5.74) is 2.73. The lowest BCUT2D eigenvalue weighted by Gasteiger charge is -2.01. The molecule has 0 aliphatic carbocycles. The molecular formula is C8H8BrI. The Labute approximate surface area is 83.3 Å². The Balaban J connectivity index is 3.14. The van der Waals surface area contributed by atoms with E-state index >= 15 is 0 Å². The van der Waals surface area contributed by atoms with Gasteiger partial charge in [0.25, 0.3) is 0 Å². The van der Waals surface area contributed by atoms with Crippen molar-refractivity contribution in [1.82, 2.24) is 0 Å². The minimum absolute atomic E-state index is 0.951. The molecule has 0 N–H and O–H groups in total. The zero-order valence-electron chi connectivity index (χ0n) is 5.70. The van der Waals surface area contributed by atoms with Crippen LogP contribution in [0.5, 0.6) is 0 Å². The number of hydrogen-bond donors (Lipinski definition) is 0. The summed E-state index contributed by atoms with van der Waals surface area (Å²) >= 11 is 5.81. The van der Waals surface area contributed by atoms with Gasteiger partial charge in [-0.3, -0.25) is 0 Å². The number of rotatable bonds is 1. The van der Waals surface area contributed by atoms with E-state index < -0.39 is 0 Å². The van der Waals surface area contributed by atoms with E-state index in [1.807, 2.05) is 0 Å². The minimum Gasteiger partial charge on any atom is -0.0876 e. The highest BCUT2D eigenvalue weighted by Gasteiger charge is 1.98. The fourth-order valence-corrected chi connectivity index (χ4v) is 2.35. The van der Waals surface area contributed by atoms with Crippen LogP contribution in [0.3, 0.4) is 0 Å². The average Bonchev–Trinajstić information content (AvgIpc) is 1.95. The van der Waals surface area contributed by atoms with Crippen LogP contribution in [0, 0.1) is 10.5 Å². The lowest BCUT2D eigenvalue weighted by Crippen LogP contribution is -1.86. The van der Waals surface area contributed by atoms with E-state index in [1.165, 1.54) is 14.7 Å². The van der Waals surface area contributed by atoms with Crippen LogP contribution >= 0.6 is 38.5 Å². The molecule has 0 bridgehead atoms. The average molecular weight is 311 g/mol. The van der Waals surface area contributed by atoms with Crippen molar-refractivity contribution in [3.05, 3.63) is 32.9 Å². The predicted molar refractivity (Wildman–Crippen MR) is 56.5 cm³/mol. The van der Waals surface area contributed by atoms with Crippen LogP contribution in [0.1, 0.15) is 11.1 Å². The Bertz CT molecular complexity index is 233. The summed E-state index contributed by atoms with van der Waals surface area (Å²) in [4.78, 5) is 0. The number of aryl methyl sites for hydroxylation is 1. The van der Waals surface area contributed by atoms with Gasteiger partial charge in [-0.15, -0.1) is 0 Å². The quantitative estimate of drug-likeness (QED) is 0.550. The first kappa shape index (κ1) is 8.53. The van der Waals surface area contributed by atoms with Gasteiger partial charge in [0, 0.05) is 8.90 Å². The van der Waals surface area contributed by atoms with E-state index in [0.29, 0.717) is 0 Å². The monoisotopic (exact) mass is 310 g/mol. The lowest BCUT2D eigenvalue weighted by atomic mass is 10.2. The number of alkyl halides is 1. The van der Waals surface area contributed by atoms with Gasteiger partial charge in [-0.05, 0) is 40.6 Å². The first-order chi connectivity index (χ1) is 4.75. The van der Waals surface area contributed by atoms with E-state index in [9.17, 15) is 0 Å². The smallest absolute Gasteiger partial charge is 0.0293 e. The molecule has 0 heterocycles. The molecule has 0 aromatic heterocycles. The molecule has 1 aromatic carbocycles. The van der Waals surface area contributed by atoms with Crippen molar-refractivity contribution in [3.8, 4) is 0 Å². The Hall–Kier alpha value is 0.430. The van der Waals surface area contributed by atoms with Crippen molar-refractivity contribution in [2.24, 2.45) is 0 Å². The molecule has 0 unspecified atom stereocenters. The molecule has 0 radical (unpaired) electrons. The normalized spacial score (nSPS) is 9.90. The molecule has 0 saturated heterocycles. The lowest BCUT2D eigenvalue weighted by molar-refractivity contribution is 1.32. The predicted octanol–water partition coefficient (Wildman–Crippen LogP) is 3.49. The van der Waals surface area contributed by atoms with Gasteiger partial charge in [-0.1, -0.05) is 34.1 Å². The summed E-state index contributed by atoms with van der Waals surface area (Å²) in [5.74, 6) is 0. The summed E-state index contributed by atoms with van der Waals surface area (Å²) in [6.07, 6.45) is 0. The second-order valence-electron chi connectivity index (χ2n) is 2.18. The standard InChI is InChI=1S/C8H8BrI/c1-6-3-2-4-7(5-9)8(6)10/h2-4H,5H2,1H3. The number of hydrogen-bond acceptors (Lipinski definition) is 0. The van der Waals surface area contributed by atoms with Gasteiger partial charge in [0.2, 0.25) is 0 Å². The van der Waals surface area contributed by atoms with Crippen LogP contribution < -0.4 is 0 Å². The molecule has 1 rings (SSSR count). The van der Waals surface area contributed by atoms with Crippen molar-refractivity contribution in [1.29, 1.82) is 0 Å². The molecule has 0 fully saturated rings. The molecule has 0 spiro atoms. The Morgan fingerprint density at radius 3 is 2.70 bits per heavy atom. The first-order valence-corrected chi connectivity index (χ1v) is 5.25. The van der Waals surface area contributed by atoms with Crippen LogP contribution in [0.4, 0.5) is 0 Å². The van der Waals surface area contributed by atoms with Crippen molar-refractivity contribution < 1.29 is 0 Å². The summed E-state index contributed by atoms with van der Waals surface area (Å²) in [6.45, 7) is 2.13. The zero-order valence-corrected chi connectivity index (χ0v) is 9.44. The molecule has 0 saturated carbocycles. The maximum Gasteiger partial charge on any atom is 0.0293 e. The van der Waals surface area contributed by atoms with Gasteiger partial charge in [0.1, 0.15) is 0 Å². The van der Waals surface area contributed by atoms with Gasteiger partial charge < -0.3 is 0 Å². The van der Waals surface area contributed by atoms with Gasteiger partial charge in [-0.2, -0.15) is 0 Å². The van der Waals surface area contributed by atoms with E-state index in [2.05, 4.69) is 63.6 Å². The fraction of sp³-hybridized carbons (Fsp3) is 0.250. The largest absolute Gasteiger partial charge is 0.0876 e. The highest BCUT2D eigenvalue weighted by molar-refractivity contribution is 14.1. The molecule has 0 nitrogen and oxygen atoms in total. The summed E-state index contributed by atoms with van der Waals surface area (Å²) in [7, 11) is 0. The summed E-state index contributed by atoms with van der Waals surface area (Å²) in [5, 5.41) is 0.951. The molecular weight excluding hydrogens is 303 g/mol. The van der Waals surface area contributed by atoms with Gasteiger partial charge in [0.15, 0.2) is 0 Å². The third-order valence-corrected chi connectivity index (χ3v) is 3.56. The topological polar surface area (TPSA) is 0 Å². The second kappa shape index (κ2) is 3.72. The summed E-state index contributed by atoms with van der Waals surface area (Å²) < 4.78 is 1.37. The van der Waals surface area contributed by atoms with E-state index in [0.717, 1.165) is 5.33 Å². The van der Waals surface area contributed by atoms with Crippen molar-refractivity contribution in [3.63, 3.8) is 0 Å². The molecule has 1 aromatic rings. The van der Waals surface area contributed by atoms with E-state index in [1.54, 1.807) is 0 Å². The van der Waals surface area contributed by atoms with Crippen molar-refractivity contribution in [2.45, 2.75) is 12.3 Å². The van der Waals surface area contributed by atoms with Crippen LogP contribution in [-0.4, -0.2) is 0 Å². The van der Waals surface area contributed by atoms with Crippen LogP contribution in [0.25, 0.3) is 0 Å². The van der Waals surface area contributed by atoms with Crippen LogP contribution in [0.2, 0.25) is 0 Å². The molecule has 0 aliphatic rings. The molecule has 54 valence electrons. The maximum atomic E-state index is 3.44. The highest BCUT2D eigenvalue weighted by Crippen LogP contribution is 2.18. The third kappa shape index (κ3) is 1.72. The second-order valence-corrected chi connectivity index (χ2v) is 3.82. The van der Waals surface area contributed by atoms with Crippen molar-refractivity contribution >= 4 is 38.5 Å². The zero-order chi connectivity index (χ0) is 7.56. The first-order valence-electron chi connectivity index (χ1n) is 3.05. The maximum absolute atomic E-state index is 3.44. The van der Waals surface area contributed by atoms with Gasteiger partial charge >= 0.3 is 0 Å². The molecule has 0 atom stereocenters. The van der Waals surface area contributed by atoms with E-state index in [4.69, 9.17) is 0 Å². The molecule has 0 aliphatic heterocycles. The Kier molecular flexibility index (Phi) is 3.17. The van der Waals surface area contributed by atoms with Crippen molar-refractivity contribution in [2.75, 3.05) is 0 Å². The van der Waals surface area contributed by atoms with Gasteiger partial charge in [0.05, 0.1) is 0 Å². The van der Waals surface area contributed by atoms with Crippen LogP contribution in [-0.2, 0) is 5.33 Å². The van der Waals surface area contributed by atoms with Crippen LogP contribution in [0.15, 0.2) is 18.2 Å². The Morgan fingerprint density at radius 1 is 1.50 bits per heavy atom. The Morgan fingerprint density at radius 2 is 2.20 bits per heavy atom. The number of halogens is 2. The van der Waals surface area contributed by atoms with Gasteiger partial charge in [-0.25, -0.2) is 0 Å². The third-order valence-electron chi connectivity index (χ3n) is 1.42. The summed E-state index contributed by atoms with van der Waals surface area (Å²) in [6, 6.07) is 6.37. The molecule has 0 amide bonds. The SMILES string of the molecule is Cc1cccc(CBr)c1I.